The van der Waals surface area contributed by atoms with Crippen LogP contribution in [0.3, 0.4) is 0 Å². The van der Waals surface area contributed by atoms with Crippen molar-refractivity contribution in [3.8, 4) is 0 Å². The Kier molecular flexibility index (Phi) is 9.50. The minimum atomic E-state index is -0.613. The van der Waals surface area contributed by atoms with Gasteiger partial charge in [0.05, 0.1) is 28.3 Å². The topological polar surface area (TPSA) is 175 Å². The predicted octanol–water partition coefficient (Wildman–Crippen LogP) is 2.60. The lowest BCUT2D eigenvalue weighted by Crippen LogP contribution is -2.55. The Morgan fingerprint density at radius 3 is 2.48 bits per heavy atom. The average Bonchev–Trinajstić information content (AvgIpc) is 2.90. The molecule has 42 heavy (non-hydrogen) atoms. The zero-order valence-electron chi connectivity index (χ0n) is 25.2. The molecule has 0 unspecified atom stereocenters. The lowest BCUT2D eigenvalue weighted by atomic mass is 9.85. The van der Waals surface area contributed by atoms with Crippen LogP contribution in [0.5, 0.6) is 0 Å². The number of hydrazine groups is 1. The molecule has 8 N–H and O–H groups in total. The van der Waals surface area contributed by atoms with Gasteiger partial charge in [-0.2, -0.15) is 4.99 Å². The lowest BCUT2D eigenvalue weighted by molar-refractivity contribution is 0.0657. The first-order chi connectivity index (χ1) is 19.8. The van der Waals surface area contributed by atoms with E-state index in [1.165, 1.54) is 17.3 Å². The van der Waals surface area contributed by atoms with Gasteiger partial charge in [0.15, 0.2) is 0 Å². The van der Waals surface area contributed by atoms with Crippen LogP contribution in [-0.2, 0) is 0 Å². The molecule has 2 aromatic rings. The highest BCUT2D eigenvalue weighted by Gasteiger charge is 2.34. The van der Waals surface area contributed by atoms with Crippen LogP contribution in [0.4, 0.5) is 11.4 Å². The van der Waals surface area contributed by atoms with Crippen LogP contribution in [0.25, 0.3) is 5.70 Å². The Bertz CT molecular complexity index is 1370. The van der Waals surface area contributed by atoms with Gasteiger partial charge in [-0.05, 0) is 38.9 Å². The van der Waals surface area contributed by atoms with Gasteiger partial charge in [0.2, 0.25) is 0 Å². The second kappa shape index (κ2) is 12.9. The number of anilines is 2. The normalized spacial score (nSPS) is 21.1. The highest BCUT2D eigenvalue weighted by atomic mass is 16.3. The van der Waals surface area contributed by atoms with Gasteiger partial charge in [0, 0.05) is 80.1 Å². The third-order valence-electron chi connectivity index (χ3n) is 7.76. The van der Waals surface area contributed by atoms with Gasteiger partial charge in [-0.15, -0.1) is 0 Å². The Labute approximate surface area is 248 Å². The predicted molar refractivity (Wildman–Crippen MR) is 168 cm³/mol. The Balaban J connectivity index is 1.41. The summed E-state index contributed by atoms with van der Waals surface area (Å²) in [4.78, 5) is 30.3. The molecule has 0 aromatic carbocycles. The van der Waals surface area contributed by atoms with Gasteiger partial charge in [-0.3, -0.25) is 24.7 Å². The van der Waals surface area contributed by atoms with Crippen molar-refractivity contribution in [2.75, 3.05) is 43.6 Å². The molecular weight excluding hydrogens is 532 g/mol. The number of nitrogens with one attached hydrogen (secondary N) is 1. The third-order valence-corrected chi connectivity index (χ3v) is 7.76. The number of amidine groups is 1. The summed E-state index contributed by atoms with van der Waals surface area (Å²) in [6, 6.07) is 4.57. The molecule has 0 spiro atoms. The van der Waals surface area contributed by atoms with E-state index in [2.05, 4.69) is 37.1 Å². The number of nitrogens with two attached hydrogens (primary N) is 3. The number of pyridine rings is 2. The molecule has 1 saturated heterocycles. The number of rotatable bonds is 8. The number of aryl methyl sites for hydroxylation is 1. The van der Waals surface area contributed by atoms with Crippen LogP contribution in [0.1, 0.15) is 55.2 Å². The fraction of sp³-hybridized carbons (Fsp3) is 0.467. The van der Waals surface area contributed by atoms with Crippen molar-refractivity contribution in [1.82, 2.24) is 19.8 Å². The molecule has 0 radical (unpaired) electrons. The molecule has 1 amide bonds. The second-order valence-corrected chi connectivity index (χ2v) is 12.2. The Morgan fingerprint density at radius 1 is 1.12 bits per heavy atom. The van der Waals surface area contributed by atoms with Crippen LogP contribution in [0.15, 0.2) is 53.8 Å². The highest BCUT2D eigenvalue weighted by molar-refractivity contribution is 6.06. The van der Waals surface area contributed by atoms with Gasteiger partial charge in [-0.25, -0.2) is 5.84 Å². The molecule has 1 saturated carbocycles. The molecule has 2 aliphatic rings. The van der Waals surface area contributed by atoms with Crippen LogP contribution < -0.4 is 27.6 Å². The van der Waals surface area contributed by atoms with Crippen LogP contribution in [-0.4, -0.2) is 81.9 Å². The number of aliphatic hydroxyl groups is 1. The number of allylic oxidation sites excluding steroid dienone is 1. The van der Waals surface area contributed by atoms with E-state index >= 15 is 0 Å². The summed E-state index contributed by atoms with van der Waals surface area (Å²) in [5.41, 5.74) is 15.0. The number of aliphatic imine (C=N–C) groups is 1. The summed E-state index contributed by atoms with van der Waals surface area (Å²) in [5.74, 6) is 5.64. The second-order valence-electron chi connectivity index (χ2n) is 12.2. The Morgan fingerprint density at radius 2 is 1.81 bits per heavy atom. The molecule has 4 rings (SSSR count). The summed E-state index contributed by atoms with van der Waals surface area (Å²) in [6.45, 7) is 11.8. The number of aliphatic hydroxyl groups excluding tert-OH is 1. The van der Waals surface area contributed by atoms with Crippen molar-refractivity contribution >= 4 is 28.8 Å². The van der Waals surface area contributed by atoms with Gasteiger partial charge >= 0.3 is 0 Å². The minimum absolute atomic E-state index is 0.0179. The number of carbonyl (C=O) groups is 1. The minimum Gasteiger partial charge on any atom is -0.512 e. The first-order valence-electron chi connectivity index (χ1n) is 14.2. The summed E-state index contributed by atoms with van der Waals surface area (Å²) in [7, 11) is 2.18. The number of hydrogen-bond donors (Lipinski definition) is 5. The largest absolute Gasteiger partial charge is 0.512 e. The molecule has 2 fully saturated rings. The maximum atomic E-state index is 12.8. The van der Waals surface area contributed by atoms with Crippen molar-refractivity contribution in [3.63, 3.8) is 0 Å². The number of piperazine rings is 1. The molecule has 2 aromatic heterocycles. The molecule has 1 aliphatic carbocycles. The van der Waals surface area contributed by atoms with E-state index in [0.717, 1.165) is 44.7 Å². The first kappa shape index (κ1) is 30.9. The number of likely N-dealkylation sites (N-methyl/N-ethyl adjacent to an activating group) is 1. The van der Waals surface area contributed by atoms with E-state index in [-0.39, 0.29) is 17.2 Å². The van der Waals surface area contributed by atoms with E-state index in [0.29, 0.717) is 34.7 Å². The molecule has 0 atom stereocenters. The standard InChI is InChI=1S/C30H44N10O2/c1-19-26(11-21(16-35-19)29(42)37-28(32)14-27(41)30(2,3)4)40(33)18-25(31)20-10-23(17-34-15-20)36-22-12-24(13-22)39-8-6-38(5)7-9-39/h10-11,14-18,22,24,36,41H,6-9,12-13,31,33H2,1-5H3,(H2,32,37,42)/b25-18-,27-14-. The molecule has 226 valence electrons. The van der Waals surface area contributed by atoms with Gasteiger partial charge in [-0.1, -0.05) is 20.8 Å². The number of nitrogens with zero attached hydrogens (tertiary/aromatic N) is 6. The number of aromatic nitrogens is 2. The van der Waals surface area contributed by atoms with E-state index in [9.17, 15) is 9.90 Å². The van der Waals surface area contributed by atoms with E-state index < -0.39 is 11.3 Å². The molecule has 0 bridgehead atoms. The van der Waals surface area contributed by atoms with E-state index in [4.69, 9.17) is 17.3 Å². The van der Waals surface area contributed by atoms with Crippen LogP contribution in [0, 0.1) is 12.3 Å². The summed E-state index contributed by atoms with van der Waals surface area (Å²) < 4.78 is 0. The molecular formula is C30H44N10O2. The quantitative estimate of drug-likeness (QED) is 0.103. The zero-order chi connectivity index (χ0) is 30.6. The Hall–Kier alpha value is -4.00. The molecule has 12 nitrogen and oxygen atoms in total. The first-order valence-corrected chi connectivity index (χ1v) is 14.2. The number of hydrogen-bond acceptors (Lipinski definition) is 10. The van der Waals surface area contributed by atoms with Gasteiger partial charge in [0.25, 0.3) is 5.91 Å². The van der Waals surface area contributed by atoms with Crippen molar-refractivity contribution in [3.05, 3.63) is 65.6 Å². The fourth-order valence-corrected chi connectivity index (χ4v) is 4.87. The van der Waals surface area contributed by atoms with Crippen molar-refractivity contribution < 1.29 is 9.90 Å². The van der Waals surface area contributed by atoms with Crippen molar-refractivity contribution in [2.24, 2.45) is 27.7 Å². The molecule has 12 heteroatoms. The average molecular weight is 577 g/mol. The van der Waals surface area contributed by atoms with Crippen LogP contribution >= 0.6 is 0 Å². The number of carbonyl (C=O) groups excluding carboxylic acids is 1. The number of amides is 1. The van der Waals surface area contributed by atoms with Gasteiger partial charge in [0.1, 0.15) is 11.6 Å². The summed E-state index contributed by atoms with van der Waals surface area (Å²) in [5, 5.41) is 15.0. The SMILES string of the molecule is Cc1ncc(C(=O)N=C(N)/C=C(\O)C(C)(C)C)cc1N(N)/C=C(\N)c1cncc(NC2CC(N3CCN(C)CC3)C2)c1. The monoisotopic (exact) mass is 576 g/mol. The third kappa shape index (κ3) is 7.84. The highest BCUT2D eigenvalue weighted by Crippen LogP contribution is 2.30. The van der Waals surface area contributed by atoms with Gasteiger partial charge < -0.3 is 26.8 Å². The van der Waals surface area contributed by atoms with Crippen molar-refractivity contribution in [2.45, 2.75) is 52.6 Å². The zero-order valence-corrected chi connectivity index (χ0v) is 25.2. The lowest BCUT2D eigenvalue weighted by Gasteiger charge is -2.46. The van der Waals surface area contributed by atoms with Crippen LogP contribution in [0.2, 0.25) is 0 Å². The van der Waals surface area contributed by atoms with E-state index in [1.54, 1.807) is 31.6 Å². The maximum absolute atomic E-state index is 12.8. The van der Waals surface area contributed by atoms with E-state index in [1.807, 2.05) is 26.8 Å². The summed E-state index contributed by atoms with van der Waals surface area (Å²) >= 11 is 0. The maximum Gasteiger partial charge on any atom is 0.280 e. The van der Waals surface area contributed by atoms with Crippen molar-refractivity contribution in [1.29, 1.82) is 0 Å². The molecule has 3 heterocycles. The molecule has 1 aliphatic heterocycles. The fourth-order valence-electron chi connectivity index (χ4n) is 4.87. The smallest absolute Gasteiger partial charge is 0.280 e. The summed E-state index contributed by atoms with van der Waals surface area (Å²) in [6.07, 6.45) is 9.94.